The molecule has 0 saturated carbocycles. The Balaban J connectivity index is 1.60. The molecule has 0 bridgehead atoms. The van der Waals surface area contributed by atoms with Crippen LogP contribution in [0, 0.1) is 10.1 Å². The first kappa shape index (κ1) is 16.4. The second kappa shape index (κ2) is 6.98. The highest BCUT2D eigenvalue weighted by atomic mass is 35.5. The fourth-order valence-electron chi connectivity index (χ4n) is 2.58. The van der Waals surface area contributed by atoms with Crippen LogP contribution in [-0.4, -0.2) is 33.8 Å². The van der Waals surface area contributed by atoms with Crippen molar-refractivity contribution >= 4 is 23.2 Å². The number of hydrogen-bond donors (Lipinski definition) is 1. The van der Waals surface area contributed by atoms with Crippen LogP contribution in [0.3, 0.4) is 0 Å². The van der Waals surface area contributed by atoms with Crippen LogP contribution in [0.4, 0.5) is 5.69 Å². The van der Waals surface area contributed by atoms with Crippen molar-refractivity contribution in [1.29, 1.82) is 0 Å². The Kier molecular flexibility index (Phi) is 4.77. The Hall–Kier alpha value is -2.45. The number of ether oxygens (including phenoxy) is 1. The highest BCUT2D eigenvalue weighted by Crippen LogP contribution is 2.22. The first-order chi connectivity index (χ1) is 11.6. The topological polar surface area (TPSA) is 99.3 Å². The van der Waals surface area contributed by atoms with E-state index in [1.54, 1.807) is 6.20 Å². The third-order valence-corrected chi connectivity index (χ3v) is 4.11. The lowest BCUT2D eigenvalue weighted by Gasteiger charge is -2.15. The molecule has 1 aromatic heterocycles. The van der Waals surface area contributed by atoms with Gasteiger partial charge in [-0.3, -0.25) is 19.6 Å². The van der Waals surface area contributed by atoms with Gasteiger partial charge in [-0.15, -0.1) is 0 Å². The summed E-state index contributed by atoms with van der Waals surface area (Å²) in [5.41, 5.74) is 2.26. The first-order valence-electron chi connectivity index (χ1n) is 7.39. The van der Waals surface area contributed by atoms with Gasteiger partial charge in [0.1, 0.15) is 0 Å². The van der Waals surface area contributed by atoms with Crippen LogP contribution in [-0.2, 0) is 24.3 Å². The van der Waals surface area contributed by atoms with E-state index in [0.29, 0.717) is 26.3 Å². The van der Waals surface area contributed by atoms with E-state index in [2.05, 4.69) is 10.4 Å². The molecule has 0 unspecified atom stereocenters. The number of nitro groups is 1. The molecule has 24 heavy (non-hydrogen) atoms. The van der Waals surface area contributed by atoms with Gasteiger partial charge in [-0.25, -0.2) is 0 Å². The van der Waals surface area contributed by atoms with E-state index in [9.17, 15) is 14.9 Å². The molecule has 9 heteroatoms. The molecule has 2 heterocycles. The summed E-state index contributed by atoms with van der Waals surface area (Å²) in [6, 6.07) is 3.77. The molecular weight excluding hydrogens is 336 g/mol. The molecule has 1 N–H and O–H groups in total. The molecule has 0 saturated heterocycles. The summed E-state index contributed by atoms with van der Waals surface area (Å²) in [6.07, 6.45) is 2.58. The van der Waals surface area contributed by atoms with Crippen molar-refractivity contribution in [3.05, 3.63) is 56.4 Å². The standard InChI is InChI=1S/C15H15ClN4O4/c16-13-7-11(20(22)23)1-2-12(13)15(21)17-4-5-19-14-3-6-24-9-10(14)8-18-19/h1-2,7-8H,3-6,9H2,(H,17,21). The number of carbonyl (C=O) groups is 1. The maximum atomic E-state index is 12.1. The van der Waals surface area contributed by atoms with E-state index >= 15 is 0 Å². The fraction of sp³-hybridized carbons (Fsp3) is 0.333. The van der Waals surface area contributed by atoms with Crippen molar-refractivity contribution < 1.29 is 14.5 Å². The summed E-state index contributed by atoms with van der Waals surface area (Å²) in [4.78, 5) is 22.3. The summed E-state index contributed by atoms with van der Waals surface area (Å²) in [6.45, 7) is 2.15. The summed E-state index contributed by atoms with van der Waals surface area (Å²) in [5, 5.41) is 17.8. The smallest absolute Gasteiger partial charge is 0.270 e. The Morgan fingerprint density at radius 3 is 3.08 bits per heavy atom. The highest BCUT2D eigenvalue weighted by molar-refractivity contribution is 6.34. The average molecular weight is 351 g/mol. The van der Waals surface area contributed by atoms with Gasteiger partial charge < -0.3 is 10.1 Å². The maximum Gasteiger partial charge on any atom is 0.270 e. The van der Waals surface area contributed by atoms with E-state index in [1.165, 1.54) is 18.2 Å². The number of hydrogen-bond acceptors (Lipinski definition) is 5. The molecule has 0 atom stereocenters. The summed E-state index contributed by atoms with van der Waals surface area (Å²) in [5.74, 6) is -0.376. The van der Waals surface area contributed by atoms with Gasteiger partial charge in [0, 0.05) is 36.4 Å². The number of halogens is 1. The number of nitro benzene ring substituents is 1. The second-order valence-corrected chi connectivity index (χ2v) is 5.73. The number of amides is 1. The van der Waals surface area contributed by atoms with Gasteiger partial charge in [-0.2, -0.15) is 5.10 Å². The first-order valence-corrected chi connectivity index (χ1v) is 7.77. The summed E-state index contributed by atoms with van der Waals surface area (Å²) < 4.78 is 7.22. The minimum absolute atomic E-state index is 0.0512. The van der Waals surface area contributed by atoms with Crippen molar-refractivity contribution in [2.45, 2.75) is 19.6 Å². The van der Waals surface area contributed by atoms with Gasteiger partial charge in [-0.05, 0) is 6.07 Å². The Labute approximate surface area is 142 Å². The zero-order chi connectivity index (χ0) is 17.1. The van der Waals surface area contributed by atoms with Crippen molar-refractivity contribution in [3.8, 4) is 0 Å². The van der Waals surface area contributed by atoms with Crippen molar-refractivity contribution in [2.75, 3.05) is 13.2 Å². The maximum absolute atomic E-state index is 12.1. The van der Waals surface area contributed by atoms with Crippen LogP contribution in [0.2, 0.25) is 5.02 Å². The fourth-order valence-corrected chi connectivity index (χ4v) is 2.84. The second-order valence-electron chi connectivity index (χ2n) is 5.32. The summed E-state index contributed by atoms with van der Waals surface area (Å²) in [7, 11) is 0. The van der Waals surface area contributed by atoms with E-state index in [0.717, 1.165) is 17.7 Å². The summed E-state index contributed by atoms with van der Waals surface area (Å²) >= 11 is 5.94. The molecule has 126 valence electrons. The predicted octanol–water partition coefficient (Wildman–Crippen LogP) is 1.95. The number of benzene rings is 1. The quantitative estimate of drug-likeness (QED) is 0.656. The molecule has 1 aliphatic rings. The number of nitrogens with one attached hydrogen (secondary N) is 1. The lowest BCUT2D eigenvalue weighted by molar-refractivity contribution is -0.384. The van der Waals surface area contributed by atoms with Gasteiger partial charge in [0.2, 0.25) is 0 Å². The van der Waals surface area contributed by atoms with Crippen molar-refractivity contribution in [3.63, 3.8) is 0 Å². The van der Waals surface area contributed by atoms with E-state index in [1.807, 2.05) is 4.68 Å². The van der Waals surface area contributed by atoms with Gasteiger partial charge in [0.25, 0.3) is 11.6 Å². The molecule has 2 aromatic rings. The number of fused-ring (bicyclic) bond motifs is 1. The molecule has 0 radical (unpaired) electrons. The number of nitrogens with zero attached hydrogens (tertiary/aromatic N) is 3. The number of carbonyl (C=O) groups excluding carboxylic acids is 1. The molecule has 0 aliphatic carbocycles. The number of aromatic nitrogens is 2. The largest absolute Gasteiger partial charge is 0.376 e. The molecule has 1 aromatic carbocycles. The van der Waals surface area contributed by atoms with Gasteiger partial charge in [0.05, 0.1) is 41.5 Å². The van der Waals surface area contributed by atoms with Gasteiger partial charge in [-0.1, -0.05) is 11.6 Å². The molecular formula is C15H15ClN4O4. The van der Waals surface area contributed by atoms with E-state index in [-0.39, 0.29) is 22.2 Å². The van der Waals surface area contributed by atoms with E-state index in [4.69, 9.17) is 16.3 Å². The third kappa shape index (κ3) is 3.39. The predicted molar refractivity (Wildman–Crippen MR) is 86.0 cm³/mol. The van der Waals surface area contributed by atoms with Crippen LogP contribution >= 0.6 is 11.6 Å². The van der Waals surface area contributed by atoms with Gasteiger partial charge >= 0.3 is 0 Å². The van der Waals surface area contributed by atoms with Crippen LogP contribution < -0.4 is 5.32 Å². The molecule has 3 rings (SSSR count). The van der Waals surface area contributed by atoms with Crippen LogP contribution in [0.25, 0.3) is 0 Å². The zero-order valence-electron chi connectivity index (χ0n) is 12.7. The Bertz CT molecular complexity index is 790. The minimum Gasteiger partial charge on any atom is -0.376 e. The van der Waals surface area contributed by atoms with Crippen molar-refractivity contribution in [2.24, 2.45) is 0 Å². The Morgan fingerprint density at radius 2 is 2.33 bits per heavy atom. The molecule has 0 fully saturated rings. The van der Waals surface area contributed by atoms with Crippen molar-refractivity contribution in [1.82, 2.24) is 15.1 Å². The molecule has 1 aliphatic heterocycles. The monoisotopic (exact) mass is 350 g/mol. The average Bonchev–Trinajstić information content (AvgIpc) is 2.98. The lowest BCUT2D eigenvalue weighted by Crippen LogP contribution is -2.28. The van der Waals surface area contributed by atoms with Crippen LogP contribution in [0.1, 0.15) is 21.6 Å². The Morgan fingerprint density at radius 1 is 1.50 bits per heavy atom. The van der Waals surface area contributed by atoms with Crippen LogP contribution in [0.15, 0.2) is 24.4 Å². The zero-order valence-corrected chi connectivity index (χ0v) is 13.5. The third-order valence-electron chi connectivity index (χ3n) is 3.79. The number of non-ortho nitro benzene ring substituents is 1. The van der Waals surface area contributed by atoms with Crippen LogP contribution in [0.5, 0.6) is 0 Å². The molecule has 0 spiro atoms. The lowest BCUT2D eigenvalue weighted by atomic mass is 10.2. The molecule has 1 amide bonds. The number of rotatable bonds is 5. The van der Waals surface area contributed by atoms with Gasteiger partial charge in [0.15, 0.2) is 0 Å². The SMILES string of the molecule is O=C(NCCn1ncc2c1CCOC2)c1ccc([N+](=O)[O-])cc1Cl. The molecule has 8 nitrogen and oxygen atoms in total. The minimum atomic E-state index is -0.557. The normalized spacial score (nSPS) is 13.4. The van der Waals surface area contributed by atoms with E-state index < -0.39 is 4.92 Å². The highest BCUT2D eigenvalue weighted by Gasteiger charge is 2.17.